The summed E-state index contributed by atoms with van der Waals surface area (Å²) in [4.78, 5) is 0.438. The van der Waals surface area contributed by atoms with Gasteiger partial charge in [-0.2, -0.15) is 4.31 Å². The van der Waals surface area contributed by atoms with Crippen molar-refractivity contribution >= 4 is 10.0 Å². The highest BCUT2D eigenvalue weighted by Crippen LogP contribution is 2.28. The van der Waals surface area contributed by atoms with E-state index in [-0.39, 0.29) is 6.04 Å². The quantitative estimate of drug-likeness (QED) is 0.930. The van der Waals surface area contributed by atoms with E-state index in [0.29, 0.717) is 4.90 Å². The normalized spacial score (nSPS) is 20.3. The Morgan fingerprint density at radius 2 is 1.80 bits per heavy atom. The van der Waals surface area contributed by atoms with Gasteiger partial charge in [0.15, 0.2) is 0 Å². The van der Waals surface area contributed by atoms with Gasteiger partial charge in [0.05, 0.1) is 4.90 Å². The molecule has 0 unspecified atom stereocenters. The Hall–Kier alpha value is -0.910. The zero-order valence-electron chi connectivity index (χ0n) is 11.9. The van der Waals surface area contributed by atoms with Crippen LogP contribution in [0.5, 0.6) is 0 Å². The Morgan fingerprint density at radius 1 is 1.10 bits per heavy atom. The molecule has 1 saturated carbocycles. The summed E-state index contributed by atoms with van der Waals surface area (Å²) < 4.78 is 27.1. The summed E-state index contributed by atoms with van der Waals surface area (Å²) in [5, 5.41) is 3.25. The molecule has 0 bridgehead atoms. The molecule has 1 N–H and O–H groups in total. The largest absolute Gasteiger partial charge is 0.309 e. The number of rotatable bonds is 3. The summed E-state index contributed by atoms with van der Waals surface area (Å²) in [5.41, 5.74) is 2.33. The highest BCUT2D eigenvalue weighted by Gasteiger charge is 2.29. The van der Waals surface area contributed by atoms with E-state index in [4.69, 9.17) is 0 Å². The molecule has 1 fully saturated rings. The fourth-order valence-corrected chi connectivity index (χ4v) is 4.71. The molecule has 1 aromatic rings. The first-order valence-electron chi connectivity index (χ1n) is 7.39. The maximum absolute atomic E-state index is 12.7. The van der Waals surface area contributed by atoms with Crippen molar-refractivity contribution in [3.8, 4) is 0 Å². The van der Waals surface area contributed by atoms with Crippen molar-refractivity contribution in [2.24, 2.45) is 0 Å². The molecular weight excluding hydrogens is 272 g/mol. The van der Waals surface area contributed by atoms with Gasteiger partial charge in [-0.05, 0) is 36.1 Å². The number of sulfonamides is 1. The number of nitrogens with zero attached hydrogens (tertiary/aromatic N) is 1. The molecule has 0 spiro atoms. The highest BCUT2D eigenvalue weighted by molar-refractivity contribution is 7.89. The van der Waals surface area contributed by atoms with Crippen molar-refractivity contribution < 1.29 is 8.42 Å². The minimum absolute atomic E-state index is 0.167. The van der Waals surface area contributed by atoms with Crippen LogP contribution in [0.15, 0.2) is 23.1 Å². The van der Waals surface area contributed by atoms with Crippen LogP contribution in [0.4, 0.5) is 0 Å². The minimum Gasteiger partial charge on any atom is -0.309 e. The van der Waals surface area contributed by atoms with Crippen LogP contribution in [0.2, 0.25) is 0 Å². The van der Waals surface area contributed by atoms with Gasteiger partial charge in [0.25, 0.3) is 0 Å². The van der Waals surface area contributed by atoms with E-state index in [1.54, 1.807) is 17.4 Å². The SMILES string of the molecule is CN(C1CCCCC1)S(=O)(=O)c1ccc2c(c1)CNC2. The predicted molar refractivity (Wildman–Crippen MR) is 78.8 cm³/mol. The molecule has 1 aromatic carbocycles. The van der Waals surface area contributed by atoms with Crippen molar-refractivity contribution in [2.75, 3.05) is 7.05 Å². The lowest BCUT2D eigenvalue weighted by Crippen LogP contribution is -2.38. The van der Waals surface area contributed by atoms with Crippen molar-refractivity contribution in [2.45, 2.75) is 56.1 Å². The van der Waals surface area contributed by atoms with Crippen molar-refractivity contribution in [3.05, 3.63) is 29.3 Å². The maximum Gasteiger partial charge on any atom is 0.243 e. The molecule has 0 aromatic heterocycles. The first-order valence-corrected chi connectivity index (χ1v) is 8.83. The Balaban J connectivity index is 1.87. The lowest BCUT2D eigenvalue weighted by molar-refractivity contribution is 0.286. The third-order valence-corrected chi connectivity index (χ3v) is 6.48. The number of fused-ring (bicyclic) bond motifs is 1. The summed E-state index contributed by atoms with van der Waals surface area (Å²) in [6, 6.07) is 5.70. The zero-order valence-corrected chi connectivity index (χ0v) is 12.7. The van der Waals surface area contributed by atoms with E-state index in [1.165, 1.54) is 12.0 Å². The second-order valence-corrected chi connectivity index (χ2v) is 7.84. The summed E-state index contributed by atoms with van der Waals surface area (Å²) >= 11 is 0. The van der Waals surface area contributed by atoms with Crippen LogP contribution in [0, 0.1) is 0 Å². The maximum atomic E-state index is 12.7. The monoisotopic (exact) mass is 294 g/mol. The lowest BCUT2D eigenvalue weighted by atomic mass is 9.96. The van der Waals surface area contributed by atoms with Gasteiger partial charge in [0.1, 0.15) is 0 Å². The van der Waals surface area contributed by atoms with Crippen LogP contribution in [0.3, 0.4) is 0 Å². The molecule has 0 radical (unpaired) electrons. The average molecular weight is 294 g/mol. The highest BCUT2D eigenvalue weighted by atomic mass is 32.2. The topological polar surface area (TPSA) is 49.4 Å². The fourth-order valence-electron chi connectivity index (χ4n) is 3.24. The molecule has 2 aliphatic rings. The number of hydrogen-bond donors (Lipinski definition) is 1. The molecule has 4 nitrogen and oxygen atoms in total. The molecule has 0 atom stereocenters. The fraction of sp³-hybridized carbons (Fsp3) is 0.600. The smallest absolute Gasteiger partial charge is 0.243 e. The van der Waals surface area contributed by atoms with E-state index >= 15 is 0 Å². The van der Waals surface area contributed by atoms with Crippen molar-refractivity contribution in [1.29, 1.82) is 0 Å². The summed E-state index contributed by atoms with van der Waals surface area (Å²) in [5.74, 6) is 0. The van der Waals surface area contributed by atoms with Crippen molar-refractivity contribution in [3.63, 3.8) is 0 Å². The van der Waals surface area contributed by atoms with Gasteiger partial charge in [-0.15, -0.1) is 0 Å². The number of benzene rings is 1. The molecule has 5 heteroatoms. The lowest BCUT2D eigenvalue weighted by Gasteiger charge is -2.30. The summed E-state index contributed by atoms with van der Waals surface area (Å²) in [7, 11) is -1.62. The third-order valence-electron chi connectivity index (χ3n) is 4.57. The molecule has 3 rings (SSSR count). The zero-order chi connectivity index (χ0) is 14.2. The molecule has 0 amide bonds. The number of hydrogen-bond acceptors (Lipinski definition) is 3. The van der Waals surface area contributed by atoms with Crippen LogP contribution in [-0.2, 0) is 23.1 Å². The van der Waals surface area contributed by atoms with E-state index in [0.717, 1.165) is 44.3 Å². The van der Waals surface area contributed by atoms with E-state index in [2.05, 4.69) is 5.32 Å². The molecule has 110 valence electrons. The first kappa shape index (κ1) is 14.0. The van der Waals surface area contributed by atoms with Crippen LogP contribution in [0.1, 0.15) is 43.2 Å². The van der Waals surface area contributed by atoms with E-state index in [9.17, 15) is 8.42 Å². The van der Waals surface area contributed by atoms with Gasteiger partial charge in [0, 0.05) is 26.2 Å². The standard InChI is InChI=1S/C15H22N2O2S/c1-17(14-5-3-2-4-6-14)20(18,19)15-8-7-12-10-16-11-13(12)9-15/h7-9,14,16H,2-6,10-11H2,1H3. The second-order valence-electron chi connectivity index (χ2n) is 5.85. The predicted octanol–water partition coefficient (Wildman–Crippen LogP) is 2.24. The Kier molecular flexibility index (Phi) is 3.84. The minimum atomic E-state index is -3.35. The van der Waals surface area contributed by atoms with Gasteiger partial charge in [0.2, 0.25) is 10.0 Å². The van der Waals surface area contributed by atoms with E-state index < -0.39 is 10.0 Å². The Labute approximate surface area is 121 Å². The number of nitrogens with one attached hydrogen (secondary N) is 1. The molecule has 1 aliphatic heterocycles. The Bertz CT molecular complexity index is 592. The van der Waals surface area contributed by atoms with Gasteiger partial charge in [-0.3, -0.25) is 0 Å². The third kappa shape index (κ3) is 2.50. The molecule has 1 heterocycles. The van der Waals surface area contributed by atoms with Gasteiger partial charge in [-0.25, -0.2) is 8.42 Å². The van der Waals surface area contributed by atoms with Crippen molar-refractivity contribution in [1.82, 2.24) is 9.62 Å². The van der Waals surface area contributed by atoms with Crippen LogP contribution >= 0.6 is 0 Å². The summed E-state index contributed by atoms with van der Waals surface area (Å²) in [6.45, 7) is 1.61. The molecular formula is C15H22N2O2S. The average Bonchev–Trinajstić information content (AvgIpc) is 2.94. The first-order chi connectivity index (χ1) is 9.59. The van der Waals surface area contributed by atoms with Gasteiger partial charge < -0.3 is 5.32 Å². The van der Waals surface area contributed by atoms with Crippen LogP contribution < -0.4 is 5.32 Å². The molecule has 0 saturated heterocycles. The Morgan fingerprint density at radius 3 is 2.55 bits per heavy atom. The van der Waals surface area contributed by atoms with Gasteiger partial charge in [-0.1, -0.05) is 25.3 Å². The second kappa shape index (κ2) is 5.47. The van der Waals surface area contributed by atoms with E-state index in [1.807, 2.05) is 12.1 Å². The summed E-state index contributed by atoms with van der Waals surface area (Å²) in [6.07, 6.45) is 5.48. The van der Waals surface area contributed by atoms with Gasteiger partial charge >= 0.3 is 0 Å². The van der Waals surface area contributed by atoms with Crippen LogP contribution in [0.25, 0.3) is 0 Å². The molecule has 1 aliphatic carbocycles. The van der Waals surface area contributed by atoms with Crippen LogP contribution in [-0.4, -0.2) is 25.8 Å². The molecule has 20 heavy (non-hydrogen) atoms.